The summed E-state index contributed by atoms with van der Waals surface area (Å²) in [5.41, 5.74) is 0.981. The number of benzene rings is 1. The van der Waals surface area contributed by atoms with Gasteiger partial charge in [-0.2, -0.15) is 5.10 Å². The van der Waals surface area contributed by atoms with Gasteiger partial charge >= 0.3 is 0 Å². The topological polar surface area (TPSA) is 73.0 Å². The molecule has 1 N–H and O–H groups in total. The van der Waals surface area contributed by atoms with E-state index in [2.05, 4.69) is 15.6 Å². The predicted molar refractivity (Wildman–Crippen MR) is 85.6 cm³/mol. The van der Waals surface area contributed by atoms with Crippen molar-refractivity contribution in [3.05, 3.63) is 60.4 Å². The van der Waals surface area contributed by atoms with E-state index in [0.717, 1.165) is 0 Å². The number of amides is 1. The number of rotatable bonds is 6. The molecule has 0 spiro atoms. The second-order valence-corrected chi connectivity index (χ2v) is 5.63. The van der Waals surface area contributed by atoms with E-state index < -0.39 is 0 Å². The summed E-state index contributed by atoms with van der Waals surface area (Å²) in [7, 11) is 0. The zero-order valence-corrected chi connectivity index (χ0v) is 13.1. The Morgan fingerprint density at radius 2 is 2.25 bits per heavy atom. The Hall–Kier alpha value is -2.96. The van der Waals surface area contributed by atoms with Gasteiger partial charge in [0.05, 0.1) is 0 Å². The van der Waals surface area contributed by atoms with Crippen LogP contribution in [-0.2, 0) is 6.54 Å². The first kappa shape index (κ1) is 15.9. The van der Waals surface area contributed by atoms with E-state index in [1.54, 1.807) is 18.3 Å². The van der Waals surface area contributed by atoms with Crippen molar-refractivity contribution in [2.45, 2.75) is 13.5 Å². The maximum Gasteiger partial charge on any atom is 0.289 e. The van der Waals surface area contributed by atoms with Crippen molar-refractivity contribution in [3.63, 3.8) is 0 Å². The van der Waals surface area contributed by atoms with Crippen LogP contribution in [0.1, 0.15) is 17.5 Å². The highest BCUT2D eigenvalue weighted by molar-refractivity contribution is 5.92. The van der Waals surface area contributed by atoms with Crippen LogP contribution >= 0.6 is 0 Å². The molecule has 0 fully saturated rings. The number of nitrogens with zero attached hydrogens (tertiary/aromatic N) is 3. The number of hydrogen-bond donors (Lipinski definition) is 1. The van der Waals surface area contributed by atoms with Gasteiger partial charge in [-0.15, -0.1) is 0 Å². The molecule has 2 aromatic heterocycles. The van der Waals surface area contributed by atoms with Crippen molar-refractivity contribution >= 4 is 5.91 Å². The number of hydrogen-bond acceptors (Lipinski definition) is 4. The summed E-state index contributed by atoms with van der Waals surface area (Å²) >= 11 is 0. The zero-order valence-electron chi connectivity index (χ0n) is 13.1. The molecule has 7 heteroatoms. The number of aromatic nitrogens is 3. The Morgan fingerprint density at radius 1 is 1.38 bits per heavy atom. The first-order valence-corrected chi connectivity index (χ1v) is 7.60. The lowest BCUT2D eigenvalue weighted by Crippen LogP contribution is -2.29. The van der Waals surface area contributed by atoms with Gasteiger partial charge in [-0.3, -0.25) is 9.48 Å². The predicted octanol–water partition coefficient (Wildman–Crippen LogP) is 2.74. The minimum Gasteiger partial charge on any atom is -0.350 e. The Bertz CT molecular complexity index is 814. The van der Waals surface area contributed by atoms with E-state index in [0.29, 0.717) is 24.3 Å². The molecule has 24 heavy (non-hydrogen) atoms. The van der Waals surface area contributed by atoms with Gasteiger partial charge in [-0.25, -0.2) is 4.39 Å². The average molecular weight is 328 g/mol. The van der Waals surface area contributed by atoms with Crippen LogP contribution in [0.2, 0.25) is 0 Å². The van der Waals surface area contributed by atoms with Crippen molar-refractivity contribution in [1.29, 1.82) is 0 Å². The van der Waals surface area contributed by atoms with Crippen LogP contribution in [-0.4, -0.2) is 27.4 Å². The lowest BCUT2D eigenvalue weighted by molar-refractivity contribution is 0.0909. The summed E-state index contributed by atoms with van der Waals surface area (Å²) in [6, 6.07) is 9.32. The third kappa shape index (κ3) is 3.87. The minimum absolute atomic E-state index is 0.0977. The molecule has 0 aliphatic heterocycles. The van der Waals surface area contributed by atoms with Crippen molar-refractivity contribution in [3.8, 4) is 11.3 Å². The summed E-state index contributed by atoms with van der Waals surface area (Å²) < 4.78 is 20.1. The van der Waals surface area contributed by atoms with Crippen LogP contribution in [0.3, 0.4) is 0 Å². The normalized spacial score (nSPS) is 12.1. The Labute approximate surface area is 138 Å². The Balaban J connectivity index is 1.57. The summed E-state index contributed by atoms with van der Waals surface area (Å²) in [6.07, 6.45) is 3.59. The third-order valence-electron chi connectivity index (χ3n) is 3.52. The highest BCUT2D eigenvalue weighted by atomic mass is 19.1. The van der Waals surface area contributed by atoms with Gasteiger partial charge in [0.15, 0.2) is 0 Å². The molecule has 0 radical (unpaired) electrons. The highest BCUT2D eigenvalue weighted by Crippen LogP contribution is 2.19. The molecular weight excluding hydrogens is 311 g/mol. The van der Waals surface area contributed by atoms with Gasteiger partial charge in [0.2, 0.25) is 5.76 Å². The summed E-state index contributed by atoms with van der Waals surface area (Å²) in [6.45, 7) is 3.20. The maximum atomic E-state index is 13.2. The number of carbonyl (C=O) groups is 1. The van der Waals surface area contributed by atoms with Crippen LogP contribution in [0.4, 0.5) is 4.39 Å². The van der Waals surface area contributed by atoms with Crippen LogP contribution < -0.4 is 5.32 Å². The molecule has 2 heterocycles. The van der Waals surface area contributed by atoms with Gasteiger partial charge in [-0.1, -0.05) is 24.2 Å². The molecule has 0 saturated carbocycles. The summed E-state index contributed by atoms with van der Waals surface area (Å²) in [4.78, 5) is 12.1. The van der Waals surface area contributed by atoms with E-state index in [9.17, 15) is 9.18 Å². The lowest BCUT2D eigenvalue weighted by Gasteiger charge is -2.11. The number of nitrogens with one attached hydrogen (secondary N) is 1. The van der Waals surface area contributed by atoms with Crippen LogP contribution in [0.25, 0.3) is 11.3 Å². The van der Waals surface area contributed by atoms with Crippen LogP contribution in [0.15, 0.2) is 53.3 Å². The smallest absolute Gasteiger partial charge is 0.289 e. The van der Waals surface area contributed by atoms with Gasteiger partial charge in [0, 0.05) is 37.1 Å². The molecule has 1 unspecified atom stereocenters. The molecule has 1 amide bonds. The molecule has 0 bridgehead atoms. The molecule has 3 rings (SSSR count). The van der Waals surface area contributed by atoms with E-state index >= 15 is 0 Å². The van der Waals surface area contributed by atoms with Gasteiger partial charge in [0.25, 0.3) is 5.91 Å². The monoisotopic (exact) mass is 328 g/mol. The highest BCUT2D eigenvalue weighted by Gasteiger charge is 2.15. The fourth-order valence-corrected chi connectivity index (χ4v) is 2.31. The molecule has 1 aromatic carbocycles. The fourth-order valence-electron chi connectivity index (χ4n) is 2.31. The van der Waals surface area contributed by atoms with Crippen molar-refractivity contribution in [2.24, 2.45) is 5.92 Å². The molecule has 0 aliphatic rings. The maximum absolute atomic E-state index is 13.2. The van der Waals surface area contributed by atoms with Gasteiger partial charge in [-0.05, 0) is 24.1 Å². The largest absolute Gasteiger partial charge is 0.350 e. The van der Waals surface area contributed by atoms with Crippen molar-refractivity contribution < 1.29 is 13.7 Å². The average Bonchev–Trinajstić information content (AvgIpc) is 3.24. The molecule has 124 valence electrons. The quantitative estimate of drug-likeness (QED) is 0.755. The van der Waals surface area contributed by atoms with Crippen molar-refractivity contribution in [1.82, 2.24) is 20.3 Å². The number of carbonyl (C=O) groups excluding carboxylic acids is 1. The fraction of sp³-hybridized carbons (Fsp3) is 0.235. The molecule has 1 atom stereocenters. The molecule has 0 saturated heterocycles. The summed E-state index contributed by atoms with van der Waals surface area (Å²) in [5, 5.41) is 10.7. The van der Waals surface area contributed by atoms with Gasteiger partial charge in [0.1, 0.15) is 11.5 Å². The molecule has 3 aromatic rings. The van der Waals surface area contributed by atoms with Gasteiger partial charge < -0.3 is 9.84 Å². The first-order chi connectivity index (χ1) is 11.6. The second kappa shape index (κ2) is 7.08. The van der Waals surface area contributed by atoms with E-state index in [-0.39, 0.29) is 23.4 Å². The summed E-state index contributed by atoms with van der Waals surface area (Å²) in [5.74, 6) is -0.411. The Morgan fingerprint density at radius 3 is 3.00 bits per heavy atom. The standard InChI is InChI=1S/C17H17FN4O2/c1-12(11-22-7-3-6-20-22)10-19-17(23)16-9-15(21-24-16)13-4-2-5-14(18)8-13/h2-9,12H,10-11H2,1H3,(H,19,23). The van der Waals surface area contributed by atoms with Crippen LogP contribution in [0, 0.1) is 11.7 Å². The SMILES string of the molecule is CC(CNC(=O)c1cc(-c2cccc(F)c2)no1)Cn1cccn1. The number of halogens is 1. The minimum atomic E-state index is -0.367. The third-order valence-corrected chi connectivity index (χ3v) is 3.52. The van der Waals surface area contributed by atoms with Crippen molar-refractivity contribution in [2.75, 3.05) is 6.54 Å². The molecule has 6 nitrogen and oxygen atoms in total. The first-order valence-electron chi connectivity index (χ1n) is 7.60. The Kier molecular flexibility index (Phi) is 4.69. The molecule has 0 aliphatic carbocycles. The lowest BCUT2D eigenvalue weighted by atomic mass is 10.1. The van der Waals surface area contributed by atoms with Crippen LogP contribution in [0.5, 0.6) is 0 Å². The molecular formula is C17H17FN4O2. The zero-order chi connectivity index (χ0) is 16.9. The van der Waals surface area contributed by atoms with E-state index in [4.69, 9.17) is 4.52 Å². The van der Waals surface area contributed by atoms with E-state index in [1.807, 2.05) is 23.9 Å². The van der Waals surface area contributed by atoms with E-state index in [1.165, 1.54) is 18.2 Å². The second-order valence-electron chi connectivity index (χ2n) is 5.63.